The maximum Gasteiger partial charge on any atom is 3.00 e. The van der Waals surface area contributed by atoms with Crippen LogP contribution in [0.25, 0.3) is 27.5 Å². The SMILES string of the molecule is CC.CC.C[CH-]C1=CC=C(c2ccc(-c3ccc4cc(CC(C)C(C)C)ccc4c3)cc2)C1.[CH3-].[CH3-].[Y+3]. The molecule has 0 heterocycles. The van der Waals surface area contributed by atoms with E-state index in [1.165, 1.54) is 44.2 Å². The van der Waals surface area contributed by atoms with Crippen molar-refractivity contribution in [3.63, 3.8) is 0 Å². The van der Waals surface area contributed by atoms with Crippen LogP contribution in [0.3, 0.4) is 0 Å². The Balaban J connectivity index is 0. The second-order valence-electron chi connectivity index (χ2n) is 8.80. The van der Waals surface area contributed by atoms with Crippen LogP contribution in [0, 0.1) is 33.1 Å². The minimum atomic E-state index is 0. The summed E-state index contributed by atoms with van der Waals surface area (Å²) >= 11 is 0. The van der Waals surface area contributed by atoms with Gasteiger partial charge in [-0.3, -0.25) is 0 Å². The van der Waals surface area contributed by atoms with Crippen LogP contribution in [0.4, 0.5) is 0 Å². The summed E-state index contributed by atoms with van der Waals surface area (Å²) in [7, 11) is 0. The smallest absolute Gasteiger partial charge is 0.358 e. The van der Waals surface area contributed by atoms with Crippen molar-refractivity contribution in [1.82, 2.24) is 0 Å². The Bertz CT molecular complexity index is 1070. The molecule has 192 valence electrons. The Kier molecular flexibility index (Phi) is 18.9. The van der Waals surface area contributed by atoms with E-state index in [2.05, 4.69) is 107 Å². The molecule has 1 aliphatic carbocycles. The molecule has 4 rings (SSSR count). The van der Waals surface area contributed by atoms with Crippen LogP contribution in [-0.4, -0.2) is 0 Å². The van der Waals surface area contributed by atoms with Crippen molar-refractivity contribution in [1.29, 1.82) is 0 Å². The van der Waals surface area contributed by atoms with Crippen molar-refractivity contribution in [2.75, 3.05) is 0 Å². The van der Waals surface area contributed by atoms with Gasteiger partial charge in [-0.1, -0.05) is 109 Å². The molecule has 0 aliphatic heterocycles. The zero-order valence-electron chi connectivity index (χ0n) is 24.7. The number of allylic oxidation sites excluding steroid dienone is 4. The minimum absolute atomic E-state index is 0. The molecule has 1 aliphatic rings. The third-order valence-electron chi connectivity index (χ3n) is 6.45. The summed E-state index contributed by atoms with van der Waals surface area (Å²) in [6, 6.07) is 22.8. The van der Waals surface area contributed by atoms with Crippen molar-refractivity contribution in [3.05, 3.63) is 111 Å². The molecular weight excluding hydrogens is 509 g/mol. The minimum Gasteiger partial charge on any atom is -0.358 e. The predicted molar refractivity (Wildman–Crippen MR) is 163 cm³/mol. The predicted octanol–water partition coefficient (Wildman–Crippen LogP) is 11.2. The number of rotatable bonds is 6. The van der Waals surface area contributed by atoms with E-state index in [1.807, 2.05) is 27.7 Å². The number of hydrogen-bond donors (Lipinski definition) is 0. The van der Waals surface area contributed by atoms with E-state index in [9.17, 15) is 0 Å². The summed E-state index contributed by atoms with van der Waals surface area (Å²) in [5.41, 5.74) is 8.15. The fourth-order valence-electron chi connectivity index (χ4n) is 4.03. The molecule has 1 heteroatoms. The molecule has 0 fully saturated rings. The molecule has 0 bridgehead atoms. The quantitative estimate of drug-likeness (QED) is 0.264. The van der Waals surface area contributed by atoms with Crippen molar-refractivity contribution in [2.24, 2.45) is 11.8 Å². The molecule has 0 aromatic heterocycles. The van der Waals surface area contributed by atoms with Crippen LogP contribution in [0.5, 0.6) is 0 Å². The first-order valence-electron chi connectivity index (χ1n) is 12.9. The number of hydrogen-bond acceptors (Lipinski definition) is 0. The molecule has 0 amide bonds. The molecule has 0 saturated heterocycles. The van der Waals surface area contributed by atoms with E-state index in [0.717, 1.165) is 18.8 Å². The third-order valence-corrected chi connectivity index (χ3v) is 6.45. The summed E-state index contributed by atoms with van der Waals surface area (Å²) in [6.45, 7) is 17.1. The summed E-state index contributed by atoms with van der Waals surface area (Å²) in [4.78, 5) is 0. The van der Waals surface area contributed by atoms with E-state index in [-0.39, 0.29) is 47.6 Å². The first-order valence-corrected chi connectivity index (χ1v) is 12.9. The maximum absolute atomic E-state index is 2.36. The summed E-state index contributed by atoms with van der Waals surface area (Å²) < 4.78 is 0. The van der Waals surface area contributed by atoms with Crippen LogP contribution in [0.15, 0.2) is 78.4 Å². The van der Waals surface area contributed by atoms with E-state index in [0.29, 0.717) is 5.92 Å². The molecule has 3 aromatic carbocycles. The molecule has 0 spiro atoms. The topological polar surface area (TPSA) is 0 Å². The van der Waals surface area contributed by atoms with Gasteiger partial charge in [0.05, 0.1) is 0 Å². The average Bonchev–Trinajstić information content (AvgIpc) is 3.36. The van der Waals surface area contributed by atoms with Gasteiger partial charge in [0, 0.05) is 0 Å². The third kappa shape index (κ3) is 9.68. The fourth-order valence-corrected chi connectivity index (χ4v) is 4.03. The van der Waals surface area contributed by atoms with Crippen LogP contribution in [0.2, 0.25) is 0 Å². The first kappa shape index (κ1) is 36.5. The van der Waals surface area contributed by atoms with Gasteiger partial charge in [-0.05, 0) is 63.8 Å². The Hall–Kier alpha value is -1.63. The molecule has 0 N–H and O–H groups in total. The molecule has 3 aromatic rings. The van der Waals surface area contributed by atoms with Crippen molar-refractivity contribution in [2.45, 2.75) is 68.2 Å². The van der Waals surface area contributed by atoms with Gasteiger partial charge >= 0.3 is 32.7 Å². The summed E-state index contributed by atoms with van der Waals surface area (Å²) in [5, 5.41) is 2.66. The van der Waals surface area contributed by atoms with Gasteiger partial charge in [0.25, 0.3) is 0 Å². The molecule has 0 radical (unpaired) electrons. The Morgan fingerprint density at radius 3 is 1.78 bits per heavy atom. The van der Waals surface area contributed by atoms with Crippen molar-refractivity contribution < 1.29 is 32.7 Å². The largest absolute Gasteiger partial charge is 3.00 e. The van der Waals surface area contributed by atoms with Gasteiger partial charge in [0.15, 0.2) is 0 Å². The van der Waals surface area contributed by atoms with Crippen LogP contribution >= 0.6 is 0 Å². The second-order valence-corrected chi connectivity index (χ2v) is 8.80. The number of fused-ring (bicyclic) bond motifs is 1. The molecular formula is C35H49Y. The Labute approximate surface area is 249 Å². The van der Waals surface area contributed by atoms with E-state index < -0.39 is 0 Å². The summed E-state index contributed by atoms with van der Waals surface area (Å²) in [6.07, 6.45) is 8.87. The second kappa shape index (κ2) is 18.6. The molecule has 36 heavy (non-hydrogen) atoms. The van der Waals surface area contributed by atoms with E-state index in [4.69, 9.17) is 0 Å². The Morgan fingerprint density at radius 1 is 0.694 bits per heavy atom. The van der Waals surface area contributed by atoms with Crippen LogP contribution < -0.4 is 0 Å². The van der Waals surface area contributed by atoms with Gasteiger partial charge in [0.2, 0.25) is 0 Å². The zero-order valence-corrected chi connectivity index (χ0v) is 27.5. The van der Waals surface area contributed by atoms with E-state index >= 15 is 0 Å². The van der Waals surface area contributed by atoms with Gasteiger partial charge in [0.1, 0.15) is 0 Å². The first-order chi connectivity index (χ1) is 16.0. The molecule has 0 nitrogen and oxygen atoms in total. The average molecular weight is 559 g/mol. The zero-order chi connectivity index (χ0) is 24.4. The summed E-state index contributed by atoms with van der Waals surface area (Å²) in [5.74, 6) is 1.43. The normalized spacial score (nSPS) is 12.2. The molecule has 0 saturated carbocycles. The monoisotopic (exact) mass is 558 g/mol. The van der Waals surface area contributed by atoms with Gasteiger partial charge in [-0.2, -0.15) is 0 Å². The van der Waals surface area contributed by atoms with Crippen LogP contribution in [0.1, 0.15) is 72.9 Å². The maximum atomic E-state index is 2.36. The molecule has 1 atom stereocenters. The van der Waals surface area contributed by atoms with Crippen molar-refractivity contribution >= 4 is 16.3 Å². The Morgan fingerprint density at radius 2 is 1.22 bits per heavy atom. The van der Waals surface area contributed by atoms with E-state index in [1.54, 1.807) is 0 Å². The van der Waals surface area contributed by atoms with Gasteiger partial charge in [-0.25, -0.2) is 18.1 Å². The standard InChI is InChI=1S/C29H31.2C2H6.2CH3.Y/c1-5-22-6-8-26(17-22)24-10-12-25(13-11-24)28-15-14-27-18-23(7-9-29(27)19-28)16-21(4)20(2)3;2*1-2;;;/h5-15,18-21H,16-17H2,1-4H3;2*1-2H3;2*1H3;/q-1;;;2*-1;+3. The van der Waals surface area contributed by atoms with Gasteiger partial charge in [-0.15, -0.1) is 13.0 Å². The van der Waals surface area contributed by atoms with Crippen molar-refractivity contribution in [3.8, 4) is 11.1 Å². The van der Waals surface area contributed by atoms with Crippen LogP contribution in [-0.2, 0) is 39.1 Å². The fraction of sp³-hybridized carbons (Fsp3) is 0.343. The molecule has 1 unspecified atom stereocenters. The number of benzene rings is 3. The van der Waals surface area contributed by atoms with Gasteiger partial charge < -0.3 is 14.9 Å².